The summed E-state index contributed by atoms with van der Waals surface area (Å²) in [6.07, 6.45) is 3.85. The van der Waals surface area contributed by atoms with Gasteiger partial charge >= 0.3 is 0 Å². The van der Waals surface area contributed by atoms with Crippen molar-refractivity contribution in [2.75, 3.05) is 33.3 Å². The van der Waals surface area contributed by atoms with E-state index in [9.17, 15) is 4.79 Å². The maximum absolute atomic E-state index is 12.8. The Morgan fingerprint density at radius 2 is 2.17 bits per heavy atom. The first-order chi connectivity index (χ1) is 11.6. The topological polar surface area (TPSA) is 59.4 Å². The van der Waals surface area contributed by atoms with Crippen LogP contribution in [-0.2, 0) is 11.8 Å². The number of benzene rings is 1. The third kappa shape index (κ3) is 3.76. The molecule has 0 bridgehead atoms. The lowest BCUT2D eigenvalue weighted by Gasteiger charge is -2.24. The standard InChI is InChI=1S/C18H24N4O2/c1-21(8-9-24-15-6-4-3-5-7-15)18(23)17-12-19-11-16(17)14-10-20-22(2)13-14/h3-7,10,13,16-17,19H,8-9,11-12H2,1-2H3/t16-,17+/m1/s1. The molecule has 0 radical (unpaired) electrons. The minimum absolute atomic E-state index is 0.0454. The minimum atomic E-state index is -0.0454. The van der Waals surface area contributed by atoms with Crippen molar-refractivity contribution in [3.05, 3.63) is 48.3 Å². The van der Waals surface area contributed by atoms with Crippen LogP contribution >= 0.6 is 0 Å². The molecule has 24 heavy (non-hydrogen) atoms. The van der Waals surface area contributed by atoms with Crippen LogP contribution in [0.5, 0.6) is 5.75 Å². The van der Waals surface area contributed by atoms with Crippen LogP contribution in [0.15, 0.2) is 42.7 Å². The number of carbonyl (C=O) groups excluding carboxylic acids is 1. The normalized spacial score (nSPS) is 20.1. The second kappa shape index (κ2) is 7.49. The molecule has 0 aliphatic carbocycles. The van der Waals surface area contributed by atoms with Crippen LogP contribution in [-0.4, -0.2) is 53.9 Å². The van der Waals surface area contributed by atoms with Gasteiger partial charge in [0, 0.05) is 39.3 Å². The first kappa shape index (κ1) is 16.5. The number of aromatic nitrogens is 2. The predicted octanol–water partition coefficient (Wildman–Crippen LogP) is 1.26. The van der Waals surface area contributed by atoms with Crippen molar-refractivity contribution in [3.8, 4) is 5.75 Å². The van der Waals surface area contributed by atoms with Gasteiger partial charge in [0.15, 0.2) is 0 Å². The lowest BCUT2D eigenvalue weighted by Crippen LogP contribution is -2.38. The zero-order chi connectivity index (χ0) is 16.9. The molecule has 1 amide bonds. The van der Waals surface area contributed by atoms with Crippen molar-refractivity contribution in [1.82, 2.24) is 20.0 Å². The van der Waals surface area contributed by atoms with Gasteiger partial charge in [-0.25, -0.2) is 0 Å². The number of nitrogens with zero attached hydrogens (tertiary/aromatic N) is 3. The average Bonchev–Trinajstić information content (AvgIpc) is 3.23. The van der Waals surface area contributed by atoms with Crippen LogP contribution in [0.1, 0.15) is 11.5 Å². The average molecular weight is 328 g/mol. The van der Waals surface area contributed by atoms with E-state index in [1.165, 1.54) is 0 Å². The molecule has 0 unspecified atom stereocenters. The molecule has 1 aliphatic heterocycles. The van der Waals surface area contributed by atoms with Crippen molar-refractivity contribution in [3.63, 3.8) is 0 Å². The van der Waals surface area contributed by atoms with E-state index in [1.54, 1.807) is 9.58 Å². The van der Waals surface area contributed by atoms with Gasteiger partial charge < -0.3 is 15.0 Å². The molecule has 1 aliphatic rings. The van der Waals surface area contributed by atoms with Crippen molar-refractivity contribution in [2.24, 2.45) is 13.0 Å². The summed E-state index contributed by atoms with van der Waals surface area (Å²) in [5.74, 6) is 1.12. The molecule has 1 N–H and O–H groups in total. The van der Waals surface area contributed by atoms with Crippen LogP contribution in [0.3, 0.4) is 0 Å². The summed E-state index contributed by atoms with van der Waals surface area (Å²) in [7, 11) is 3.74. The van der Waals surface area contributed by atoms with Crippen LogP contribution in [0.2, 0.25) is 0 Å². The summed E-state index contributed by atoms with van der Waals surface area (Å²) in [6.45, 7) is 2.59. The van der Waals surface area contributed by atoms with Gasteiger partial charge in [-0.2, -0.15) is 5.10 Å². The summed E-state index contributed by atoms with van der Waals surface area (Å²) in [5, 5.41) is 7.56. The van der Waals surface area contributed by atoms with E-state index >= 15 is 0 Å². The third-order valence-corrected chi connectivity index (χ3v) is 4.50. The number of likely N-dealkylation sites (N-methyl/N-ethyl adjacent to an activating group) is 1. The van der Waals surface area contributed by atoms with E-state index in [-0.39, 0.29) is 17.7 Å². The molecule has 2 atom stereocenters. The molecule has 1 fully saturated rings. The maximum Gasteiger partial charge on any atom is 0.227 e. The van der Waals surface area contributed by atoms with Crippen molar-refractivity contribution in [1.29, 1.82) is 0 Å². The van der Waals surface area contributed by atoms with E-state index in [2.05, 4.69) is 10.4 Å². The van der Waals surface area contributed by atoms with Gasteiger partial charge in [0.25, 0.3) is 0 Å². The van der Waals surface area contributed by atoms with Crippen molar-refractivity contribution >= 4 is 5.91 Å². The Labute approximate surface area is 142 Å². The lowest BCUT2D eigenvalue weighted by molar-refractivity contribution is -0.134. The Balaban J connectivity index is 1.54. The number of nitrogens with one attached hydrogen (secondary N) is 1. The monoisotopic (exact) mass is 328 g/mol. The minimum Gasteiger partial charge on any atom is -0.492 e. The van der Waals surface area contributed by atoms with Gasteiger partial charge in [0.2, 0.25) is 5.91 Å². The molecule has 128 valence electrons. The number of rotatable bonds is 6. The summed E-state index contributed by atoms with van der Waals surface area (Å²) < 4.78 is 7.47. The molecule has 1 saturated heterocycles. The highest BCUT2D eigenvalue weighted by Gasteiger charge is 2.36. The van der Waals surface area contributed by atoms with Gasteiger partial charge in [-0.1, -0.05) is 18.2 Å². The maximum atomic E-state index is 12.8. The first-order valence-corrected chi connectivity index (χ1v) is 8.27. The number of carbonyl (C=O) groups is 1. The molecule has 2 heterocycles. The Hall–Kier alpha value is -2.34. The molecule has 0 saturated carbocycles. The highest BCUT2D eigenvalue weighted by Crippen LogP contribution is 2.29. The van der Waals surface area contributed by atoms with Crippen LogP contribution in [0.25, 0.3) is 0 Å². The summed E-state index contributed by atoms with van der Waals surface area (Å²) >= 11 is 0. The fraction of sp³-hybridized carbons (Fsp3) is 0.444. The van der Waals surface area contributed by atoms with Crippen LogP contribution in [0, 0.1) is 5.92 Å². The quantitative estimate of drug-likeness (QED) is 0.867. The third-order valence-electron chi connectivity index (χ3n) is 4.50. The zero-order valence-corrected chi connectivity index (χ0v) is 14.2. The molecular formula is C18H24N4O2. The predicted molar refractivity (Wildman–Crippen MR) is 91.9 cm³/mol. The first-order valence-electron chi connectivity index (χ1n) is 8.27. The Morgan fingerprint density at radius 1 is 1.38 bits per heavy atom. The summed E-state index contributed by atoms with van der Waals surface area (Å²) in [6, 6.07) is 9.66. The Kier molecular flexibility index (Phi) is 5.15. The SMILES string of the molecule is CN(CCOc1ccccc1)C(=O)[C@H]1CNC[C@@H]1c1cnn(C)c1. The van der Waals surface area contributed by atoms with E-state index in [1.807, 2.05) is 56.8 Å². The molecule has 0 spiro atoms. The van der Waals surface area contributed by atoms with E-state index in [0.29, 0.717) is 19.7 Å². The number of ether oxygens (including phenoxy) is 1. The number of amides is 1. The largest absolute Gasteiger partial charge is 0.492 e. The van der Waals surface area contributed by atoms with Gasteiger partial charge in [-0.05, 0) is 17.7 Å². The number of para-hydroxylation sites is 1. The smallest absolute Gasteiger partial charge is 0.227 e. The highest BCUT2D eigenvalue weighted by atomic mass is 16.5. The van der Waals surface area contributed by atoms with Gasteiger partial charge in [-0.3, -0.25) is 9.48 Å². The van der Waals surface area contributed by atoms with Crippen molar-refractivity contribution < 1.29 is 9.53 Å². The highest BCUT2D eigenvalue weighted by molar-refractivity contribution is 5.80. The van der Waals surface area contributed by atoms with Crippen LogP contribution < -0.4 is 10.1 Å². The molecule has 6 heteroatoms. The van der Waals surface area contributed by atoms with E-state index < -0.39 is 0 Å². The van der Waals surface area contributed by atoms with E-state index in [4.69, 9.17) is 4.74 Å². The second-order valence-electron chi connectivity index (χ2n) is 6.24. The fourth-order valence-corrected chi connectivity index (χ4v) is 3.13. The summed E-state index contributed by atoms with van der Waals surface area (Å²) in [4.78, 5) is 14.5. The van der Waals surface area contributed by atoms with Crippen molar-refractivity contribution in [2.45, 2.75) is 5.92 Å². The lowest BCUT2D eigenvalue weighted by atomic mass is 9.90. The molecular weight excluding hydrogens is 304 g/mol. The fourth-order valence-electron chi connectivity index (χ4n) is 3.13. The second-order valence-corrected chi connectivity index (χ2v) is 6.24. The Bertz CT molecular complexity index is 671. The van der Waals surface area contributed by atoms with Gasteiger partial charge in [-0.15, -0.1) is 0 Å². The summed E-state index contributed by atoms with van der Waals surface area (Å²) in [5.41, 5.74) is 1.12. The van der Waals surface area contributed by atoms with E-state index in [0.717, 1.165) is 17.9 Å². The molecule has 2 aromatic rings. The molecule has 6 nitrogen and oxygen atoms in total. The zero-order valence-electron chi connectivity index (χ0n) is 14.2. The van der Waals surface area contributed by atoms with Crippen LogP contribution in [0.4, 0.5) is 0 Å². The van der Waals surface area contributed by atoms with Gasteiger partial charge in [0.05, 0.1) is 18.7 Å². The number of aryl methyl sites for hydroxylation is 1. The molecule has 1 aromatic heterocycles. The molecule has 3 rings (SSSR count). The number of hydrogen-bond acceptors (Lipinski definition) is 4. The molecule has 1 aromatic carbocycles. The Morgan fingerprint density at radius 3 is 2.88 bits per heavy atom. The van der Waals surface area contributed by atoms with Gasteiger partial charge in [0.1, 0.15) is 12.4 Å². The number of hydrogen-bond donors (Lipinski definition) is 1.